The molecule has 0 saturated heterocycles. The molecule has 0 saturated carbocycles. The van der Waals surface area contributed by atoms with Crippen LogP contribution in [0.4, 0.5) is 5.69 Å². The zero-order chi connectivity index (χ0) is 21.4. The largest absolute Gasteiger partial charge is 0.357 e. The molecule has 29 heavy (non-hydrogen) atoms. The highest BCUT2D eigenvalue weighted by Crippen LogP contribution is 2.14. The van der Waals surface area contributed by atoms with Gasteiger partial charge in [-0.1, -0.05) is 26.0 Å². The van der Waals surface area contributed by atoms with E-state index in [9.17, 15) is 4.79 Å². The quantitative estimate of drug-likeness (QED) is 0.471. The number of hydrogen-bond acceptors (Lipinski definition) is 3. The van der Waals surface area contributed by atoms with E-state index < -0.39 is 0 Å². The van der Waals surface area contributed by atoms with Crippen LogP contribution in [0.5, 0.6) is 0 Å². The lowest BCUT2D eigenvalue weighted by molar-refractivity contribution is -0.119. The molecule has 1 amide bonds. The average Bonchev–Trinajstić information content (AvgIpc) is 2.95. The Morgan fingerprint density at radius 3 is 2.62 bits per heavy atom. The molecule has 7 heteroatoms. The van der Waals surface area contributed by atoms with Crippen LogP contribution in [0, 0.1) is 19.8 Å². The molecule has 3 N–H and O–H groups in total. The van der Waals surface area contributed by atoms with Crippen molar-refractivity contribution in [3.8, 4) is 0 Å². The highest BCUT2D eigenvalue weighted by Gasteiger charge is 2.11. The molecule has 7 nitrogen and oxygen atoms in total. The summed E-state index contributed by atoms with van der Waals surface area (Å²) < 4.78 is 1.90. The average molecular weight is 399 g/mol. The molecule has 158 valence electrons. The van der Waals surface area contributed by atoms with Gasteiger partial charge < -0.3 is 16.0 Å². The molecule has 0 fully saturated rings. The Kier molecular flexibility index (Phi) is 8.24. The number of aliphatic imine (C=N–C) groups is 1. The lowest BCUT2D eigenvalue weighted by Crippen LogP contribution is -2.37. The third-order valence-corrected chi connectivity index (χ3v) is 5.11. The van der Waals surface area contributed by atoms with Gasteiger partial charge in [-0.05, 0) is 44.9 Å². The van der Waals surface area contributed by atoms with Crippen molar-refractivity contribution in [1.29, 1.82) is 0 Å². The molecule has 1 atom stereocenters. The topological polar surface area (TPSA) is 83.3 Å². The Labute approximate surface area is 174 Å². The van der Waals surface area contributed by atoms with Crippen LogP contribution in [0.3, 0.4) is 0 Å². The van der Waals surface area contributed by atoms with Crippen LogP contribution in [-0.4, -0.2) is 28.2 Å². The van der Waals surface area contributed by atoms with E-state index in [1.165, 1.54) is 5.56 Å². The number of hydrogen-bond donors (Lipinski definition) is 3. The molecule has 1 heterocycles. The van der Waals surface area contributed by atoms with Gasteiger partial charge in [-0.2, -0.15) is 5.10 Å². The number of nitrogens with one attached hydrogen (secondary N) is 3. The first kappa shape index (κ1) is 22.5. The number of benzene rings is 1. The number of aromatic nitrogens is 2. The van der Waals surface area contributed by atoms with Gasteiger partial charge >= 0.3 is 0 Å². The maximum atomic E-state index is 12.1. The minimum atomic E-state index is 0.000577. The molecule has 0 spiro atoms. The zero-order valence-corrected chi connectivity index (χ0v) is 18.5. The molecule has 0 bridgehead atoms. The van der Waals surface area contributed by atoms with Gasteiger partial charge in [-0.25, -0.2) is 4.99 Å². The molecule has 0 aliphatic rings. The second kappa shape index (κ2) is 10.6. The fourth-order valence-corrected chi connectivity index (χ4v) is 2.96. The van der Waals surface area contributed by atoms with Crippen molar-refractivity contribution in [1.82, 2.24) is 20.4 Å². The monoisotopic (exact) mass is 398 g/mol. The number of aryl methyl sites for hydroxylation is 2. The number of nitrogens with zero attached hydrogens (tertiary/aromatic N) is 3. The molecule has 1 unspecified atom stereocenters. The summed E-state index contributed by atoms with van der Waals surface area (Å²) in [5.41, 5.74) is 5.21. The van der Waals surface area contributed by atoms with Crippen molar-refractivity contribution in [3.05, 3.63) is 46.8 Å². The normalized spacial score (nSPS) is 12.6. The maximum Gasteiger partial charge on any atom is 0.227 e. The Morgan fingerprint density at radius 2 is 2.00 bits per heavy atom. The maximum absolute atomic E-state index is 12.1. The summed E-state index contributed by atoms with van der Waals surface area (Å²) in [5, 5.41) is 14.1. The van der Waals surface area contributed by atoms with Gasteiger partial charge in [0.05, 0.1) is 12.2 Å². The van der Waals surface area contributed by atoms with Gasteiger partial charge in [0.2, 0.25) is 5.91 Å². The fraction of sp³-hybridized carbons (Fsp3) is 0.500. The van der Waals surface area contributed by atoms with E-state index >= 15 is 0 Å². The summed E-state index contributed by atoms with van der Waals surface area (Å²) >= 11 is 0. The third-order valence-electron chi connectivity index (χ3n) is 5.11. The van der Waals surface area contributed by atoms with Crippen LogP contribution in [0.25, 0.3) is 0 Å². The van der Waals surface area contributed by atoms with E-state index in [0.29, 0.717) is 13.1 Å². The summed E-state index contributed by atoms with van der Waals surface area (Å²) in [7, 11) is 1.96. The Morgan fingerprint density at radius 1 is 1.24 bits per heavy atom. The first-order valence-corrected chi connectivity index (χ1v) is 10.3. The van der Waals surface area contributed by atoms with Crippen molar-refractivity contribution in [2.45, 2.75) is 54.1 Å². The molecule has 1 aromatic heterocycles. The van der Waals surface area contributed by atoms with Crippen molar-refractivity contribution in [2.24, 2.45) is 18.0 Å². The molecule has 0 aliphatic heterocycles. The lowest BCUT2D eigenvalue weighted by atomic mass is 10.1. The van der Waals surface area contributed by atoms with Gasteiger partial charge in [0.1, 0.15) is 0 Å². The number of carbonyl (C=O) groups is 1. The van der Waals surface area contributed by atoms with Crippen molar-refractivity contribution in [2.75, 3.05) is 11.9 Å². The Hall–Kier alpha value is -2.83. The summed E-state index contributed by atoms with van der Waals surface area (Å²) in [4.78, 5) is 16.8. The molecular formula is C22H34N6O. The minimum Gasteiger partial charge on any atom is -0.357 e. The molecular weight excluding hydrogens is 364 g/mol. The molecule has 0 aliphatic carbocycles. The van der Waals surface area contributed by atoms with Crippen LogP contribution in [-0.2, 0) is 24.9 Å². The number of guanidine groups is 1. The van der Waals surface area contributed by atoms with Gasteiger partial charge in [-0.15, -0.1) is 0 Å². The van der Waals surface area contributed by atoms with Crippen molar-refractivity contribution >= 4 is 17.6 Å². The lowest BCUT2D eigenvalue weighted by Gasteiger charge is -2.13. The van der Waals surface area contributed by atoms with E-state index in [-0.39, 0.29) is 11.8 Å². The number of anilines is 1. The summed E-state index contributed by atoms with van der Waals surface area (Å²) in [5.74, 6) is 0.801. The van der Waals surface area contributed by atoms with Crippen LogP contribution >= 0.6 is 0 Å². The van der Waals surface area contributed by atoms with E-state index in [4.69, 9.17) is 4.99 Å². The summed E-state index contributed by atoms with van der Waals surface area (Å²) in [6, 6.07) is 7.84. The Bertz CT molecular complexity index is 855. The van der Waals surface area contributed by atoms with Crippen LogP contribution < -0.4 is 16.0 Å². The predicted molar refractivity (Wildman–Crippen MR) is 119 cm³/mol. The van der Waals surface area contributed by atoms with E-state index in [2.05, 4.69) is 28.0 Å². The molecule has 2 rings (SSSR count). The fourth-order valence-electron chi connectivity index (χ4n) is 2.96. The highest BCUT2D eigenvalue weighted by molar-refractivity contribution is 5.92. The molecule has 2 aromatic rings. The minimum absolute atomic E-state index is 0.000577. The van der Waals surface area contributed by atoms with E-state index in [1.807, 2.05) is 63.7 Å². The smallest absolute Gasteiger partial charge is 0.227 e. The number of rotatable bonds is 8. The van der Waals surface area contributed by atoms with Gasteiger partial charge in [0.25, 0.3) is 0 Å². The molecule has 0 radical (unpaired) electrons. The standard InChI is InChI=1S/C22H34N6O/c1-7-15(3)21(29)26-19-11-9-10-18(12-19)13-24-22(23-8-2)25-14-20-16(4)27-28(6)17(20)5/h9-12,15H,7-8,13-14H2,1-6H3,(H,26,29)(H2,23,24,25). The molecule has 1 aromatic carbocycles. The number of amides is 1. The number of carbonyl (C=O) groups excluding carboxylic acids is 1. The highest BCUT2D eigenvalue weighted by atomic mass is 16.1. The van der Waals surface area contributed by atoms with Crippen LogP contribution in [0.2, 0.25) is 0 Å². The van der Waals surface area contributed by atoms with Crippen LogP contribution in [0.1, 0.15) is 49.7 Å². The zero-order valence-electron chi connectivity index (χ0n) is 18.5. The van der Waals surface area contributed by atoms with Crippen LogP contribution in [0.15, 0.2) is 29.3 Å². The second-order valence-electron chi connectivity index (χ2n) is 7.32. The van der Waals surface area contributed by atoms with E-state index in [0.717, 1.165) is 41.6 Å². The second-order valence-corrected chi connectivity index (χ2v) is 7.32. The van der Waals surface area contributed by atoms with Gasteiger partial charge in [-0.3, -0.25) is 9.48 Å². The Balaban J connectivity index is 2.04. The van der Waals surface area contributed by atoms with Crippen molar-refractivity contribution in [3.63, 3.8) is 0 Å². The van der Waals surface area contributed by atoms with Gasteiger partial charge in [0, 0.05) is 43.0 Å². The van der Waals surface area contributed by atoms with Crippen molar-refractivity contribution < 1.29 is 4.79 Å². The first-order chi connectivity index (χ1) is 13.8. The SMILES string of the molecule is CCNC(=NCc1cccc(NC(=O)C(C)CC)c1)NCc1c(C)nn(C)c1C. The summed E-state index contributed by atoms with van der Waals surface area (Å²) in [6.45, 7) is 12.1. The van der Waals surface area contributed by atoms with E-state index in [1.54, 1.807) is 0 Å². The summed E-state index contributed by atoms with van der Waals surface area (Å²) in [6.07, 6.45) is 0.823. The first-order valence-electron chi connectivity index (χ1n) is 10.3. The third kappa shape index (κ3) is 6.34. The predicted octanol–water partition coefficient (Wildman–Crippen LogP) is 3.28. The van der Waals surface area contributed by atoms with Gasteiger partial charge in [0.15, 0.2) is 5.96 Å².